The molecule has 0 fully saturated rings. The lowest BCUT2D eigenvalue weighted by molar-refractivity contribution is 0.409. The third-order valence-corrected chi connectivity index (χ3v) is 2.64. The maximum Gasteiger partial charge on any atom is 0.0996 e. The van der Waals surface area contributed by atoms with Gasteiger partial charge in [0.1, 0.15) is 0 Å². The Kier molecular flexibility index (Phi) is 6.48. The van der Waals surface area contributed by atoms with Crippen LogP contribution >= 0.6 is 24.4 Å². The van der Waals surface area contributed by atoms with E-state index in [1.165, 1.54) is 18.6 Å². The maximum atomic E-state index is 2.27. The predicted octanol–water partition coefficient (Wildman–Crippen LogP) is 2.53. The zero-order valence-corrected chi connectivity index (χ0v) is 9.33. The van der Waals surface area contributed by atoms with Crippen molar-refractivity contribution in [2.45, 2.75) is 19.8 Å². The third kappa shape index (κ3) is 4.12. The highest BCUT2D eigenvalue weighted by molar-refractivity contribution is 7.97. The SMILES string of the molecule is CCCCSN1C=CN(C)C1.Cl. The molecule has 0 amide bonds. The topological polar surface area (TPSA) is 6.48 Å². The molecular formula is C8H17ClN2S. The molecule has 0 N–H and O–H groups in total. The first kappa shape index (κ1) is 12.0. The second-order valence-corrected chi connectivity index (χ2v) is 3.94. The fourth-order valence-electron chi connectivity index (χ4n) is 0.912. The van der Waals surface area contributed by atoms with Crippen molar-refractivity contribution < 1.29 is 0 Å². The van der Waals surface area contributed by atoms with Crippen LogP contribution in [0.4, 0.5) is 0 Å². The molecule has 0 atom stereocenters. The van der Waals surface area contributed by atoms with Crippen molar-refractivity contribution in [1.82, 2.24) is 9.21 Å². The highest BCUT2D eigenvalue weighted by Crippen LogP contribution is 2.16. The third-order valence-electron chi connectivity index (χ3n) is 1.60. The second-order valence-electron chi connectivity index (χ2n) is 2.80. The lowest BCUT2D eigenvalue weighted by Crippen LogP contribution is -2.16. The van der Waals surface area contributed by atoms with E-state index in [-0.39, 0.29) is 12.4 Å². The highest BCUT2D eigenvalue weighted by Gasteiger charge is 2.07. The van der Waals surface area contributed by atoms with Crippen molar-refractivity contribution >= 4 is 24.4 Å². The summed E-state index contributed by atoms with van der Waals surface area (Å²) in [4.78, 5) is 2.18. The Morgan fingerprint density at radius 3 is 2.67 bits per heavy atom. The van der Waals surface area contributed by atoms with E-state index in [1.807, 2.05) is 11.9 Å². The Hall–Kier alpha value is -0.0200. The van der Waals surface area contributed by atoms with Crippen LogP contribution in [-0.4, -0.2) is 28.7 Å². The Bertz CT molecular complexity index is 141. The van der Waals surface area contributed by atoms with E-state index in [1.54, 1.807) is 0 Å². The van der Waals surface area contributed by atoms with Crippen molar-refractivity contribution in [3.63, 3.8) is 0 Å². The Balaban J connectivity index is 0.00000121. The van der Waals surface area contributed by atoms with Crippen molar-refractivity contribution in [3.05, 3.63) is 12.4 Å². The standard InChI is InChI=1S/C8H16N2S.ClH/c1-3-4-7-11-10-6-5-9(2)8-10;/h5-6H,3-4,7-8H2,1-2H3;1H. The molecule has 1 rings (SSSR count). The van der Waals surface area contributed by atoms with Gasteiger partial charge in [0.25, 0.3) is 0 Å². The summed E-state index contributed by atoms with van der Waals surface area (Å²) in [5.41, 5.74) is 0. The number of unbranched alkanes of at least 4 members (excludes halogenated alkanes) is 1. The zero-order valence-electron chi connectivity index (χ0n) is 7.69. The minimum Gasteiger partial charge on any atom is -0.361 e. The average Bonchev–Trinajstić information content (AvgIpc) is 2.37. The minimum atomic E-state index is 0. The number of rotatable bonds is 4. The molecule has 0 aromatic rings. The van der Waals surface area contributed by atoms with E-state index in [2.05, 4.69) is 35.6 Å². The molecular weight excluding hydrogens is 192 g/mol. The van der Waals surface area contributed by atoms with E-state index < -0.39 is 0 Å². The average molecular weight is 209 g/mol. The van der Waals surface area contributed by atoms with Gasteiger partial charge in [0, 0.05) is 25.2 Å². The quantitative estimate of drug-likeness (QED) is 0.518. The Labute approximate surface area is 85.5 Å². The molecule has 2 nitrogen and oxygen atoms in total. The molecule has 0 spiro atoms. The van der Waals surface area contributed by atoms with Gasteiger partial charge in [-0.3, -0.25) is 0 Å². The Morgan fingerprint density at radius 1 is 1.42 bits per heavy atom. The smallest absolute Gasteiger partial charge is 0.0996 e. The molecule has 0 unspecified atom stereocenters. The summed E-state index contributed by atoms with van der Waals surface area (Å²) >= 11 is 1.92. The van der Waals surface area contributed by atoms with E-state index in [0.717, 1.165) is 6.67 Å². The Morgan fingerprint density at radius 2 is 2.17 bits per heavy atom. The summed E-state index contributed by atoms with van der Waals surface area (Å²) in [6.07, 6.45) is 6.86. The van der Waals surface area contributed by atoms with Crippen LogP contribution in [0.15, 0.2) is 12.4 Å². The summed E-state index contributed by atoms with van der Waals surface area (Å²) in [5, 5.41) is 0. The molecule has 0 saturated carbocycles. The maximum absolute atomic E-state index is 2.27. The predicted molar refractivity (Wildman–Crippen MR) is 58.2 cm³/mol. The molecule has 4 heteroatoms. The van der Waals surface area contributed by atoms with Gasteiger partial charge in [-0.15, -0.1) is 12.4 Å². The van der Waals surface area contributed by atoms with Crippen LogP contribution in [0, 0.1) is 0 Å². The number of hydrogen-bond acceptors (Lipinski definition) is 3. The molecule has 72 valence electrons. The van der Waals surface area contributed by atoms with Gasteiger partial charge < -0.3 is 9.21 Å². The molecule has 0 bridgehead atoms. The van der Waals surface area contributed by atoms with Crippen molar-refractivity contribution in [3.8, 4) is 0 Å². The van der Waals surface area contributed by atoms with Crippen molar-refractivity contribution in [2.75, 3.05) is 19.5 Å². The van der Waals surface area contributed by atoms with Crippen LogP contribution in [0.25, 0.3) is 0 Å². The van der Waals surface area contributed by atoms with Crippen molar-refractivity contribution in [1.29, 1.82) is 0 Å². The molecule has 0 aromatic carbocycles. The number of nitrogens with zero attached hydrogens (tertiary/aromatic N) is 2. The van der Waals surface area contributed by atoms with E-state index >= 15 is 0 Å². The van der Waals surface area contributed by atoms with Gasteiger partial charge in [0.15, 0.2) is 0 Å². The summed E-state index contributed by atoms with van der Waals surface area (Å²) in [6.45, 7) is 3.26. The molecule has 0 radical (unpaired) electrons. The van der Waals surface area contributed by atoms with Crippen LogP contribution in [-0.2, 0) is 0 Å². The van der Waals surface area contributed by atoms with E-state index in [0.29, 0.717) is 0 Å². The molecule has 12 heavy (non-hydrogen) atoms. The van der Waals surface area contributed by atoms with Crippen molar-refractivity contribution in [2.24, 2.45) is 0 Å². The van der Waals surface area contributed by atoms with Gasteiger partial charge >= 0.3 is 0 Å². The van der Waals surface area contributed by atoms with E-state index in [4.69, 9.17) is 0 Å². The summed E-state index contributed by atoms with van der Waals surface area (Å²) in [7, 11) is 2.09. The lowest BCUT2D eigenvalue weighted by Gasteiger charge is -2.15. The largest absolute Gasteiger partial charge is 0.361 e. The fourth-order valence-corrected chi connectivity index (χ4v) is 1.97. The highest BCUT2D eigenvalue weighted by atomic mass is 35.5. The number of hydrogen-bond donors (Lipinski definition) is 0. The first-order chi connectivity index (χ1) is 5.33. The molecule has 1 aliphatic rings. The minimum absolute atomic E-state index is 0. The molecule has 1 heterocycles. The van der Waals surface area contributed by atoms with Gasteiger partial charge in [-0.2, -0.15) is 0 Å². The molecule has 1 aliphatic heterocycles. The number of halogens is 1. The van der Waals surface area contributed by atoms with Gasteiger partial charge in [-0.05, 0) is 18.4 Å². The zero-order chi connectivity index (χ0) is 8.10. The summed E-state index contributed by atoms with van der Waals surface area (Å²) < 4.78 is 2.27. The molecule has 0 aliphatic carbocycles. The van der Waals surface area contributed by atoms with Gasteiger partial charge in [0.05, 0.1) is 6.67 Å². The van der Waals surface area contributed by atoms with Gasteiger partial charge in [-0.25, -0.2) is 0 Å². The fraction of sp³-hybridized carbons (Fsp3) is 0.750. The lowest BCUT2D eigenvalue weighted by atomic mass is 10.4. The normalized spacial score (nSPS) is 15.2. The monoisotopic (exact) mass is 208 g/mol. The molecule has 0 aromatic heterocycles. The first-order valence-corrected chi connectivity index (χ1v) is 5.05. The summed E-state index contributed by atoms with van der Waals surface area (Å²) in [6, 6.07) is 0. The molecule has 0 saturated heterocycles. The summed E-state index contributed by atoms with van der Waals surface area (Å²) in [5.74, 6) is 1.24. The van der Waals surface area contributed by atoms with E-state index in [9.17, 15) is 0 Å². The van der Waals surface area contributed by atoms with Crippen LogP contribution < -0.4 is 0 Å². The first-order valence-electron chi connectivity index (χ1n) is 4.11. The van der Waals surface area contributed by atoms with Gasteiger partial charge in [-0.1, -0.05) is 13.3 Å². The second kappa shape index (κ2) is 6.49. The van der Waals surface area contributed by atoms with Crippen LogP contribution in [0.1, 0.15) is 19.8 Å². The van der Waals surface area contributed by atoms with Crippen LogP contribution in [0.3, 0.4) is 0 Å². The van der Waals surface area contributed by atoms with Crippen LogP contribution in [0.2, 0.25) is 0 Å². The van der Waals surface area contributed by atoms with Crippen LogP contribution in [0.5, 0.6) is 0 Å². The van der Waals surface area contributed by atoms with Gasteiger partial charge in [0.2, 0.25) is 0 Å².